The monoisotopic (exact) mass is 250 g/mol. The molecule has 1 aliphatic carbocycles. The lowest BCUT2D eigenvalue weighted by molar-refractivity contribution is 0.0697. The summed E-state index contributed by atoms with van der Waals surface area (Å²) in [6.07, 6.45) is 7.51. The van der Waals surface area contributed by atoms with E-state index < -0.39 is 5.97 Å². The Hall–Kier alpha value is -1.78. The number of aromatic carboxylic acids is 1. The topological polar surface area (TPSA) is 85.4 Å². The molecule has 18 heavy (non-hydrogen) atoms. The summed E-state index contributed by atoms with van der Waals surface area (Å²) in [6.45, 7) is 0.607. The highest BCUT2D eigenvalue weighted by Crippen LogP contribution is 2.24. The third-order valence-electron chi connectivity index (χ3n) is 3.33. The maximum absolute atomic E-state index is 10.9. The average Bonchev–Trinajstić information content (AvgIpc) is 2.38. The van der Waals surface area contributed by atoms with E-state index >= 15 is 0 Å². The second kappa shape index (κ2) is 5.71. The Bertz CT molecular complexity index is 428. The predicted molar refractivity (Wildman–Crippen MR) is 67.7 cm³/mol. The third kappa shape index (κ3) is 3.12. The lowest BCUT2D eigenvalue weighted by atomic mass is 9.90. The van der Waals surface area contributed by atoms with Crippen LogP contribution in [0.1, 0.15) is 42.5 Å². The fourth-order valence-electron chi connectivity index (χ4n) is 2.27. The van der Waals surface area contributed by atoms with Crippen LogP contribution in [0.25, 0.3) is 0 Å². The fourth-order valence-corrected chi connectivity index (χ4v) is 2.27. The van der Waals surface area contributed by atoms with Crippen molar-refractivity contribution in [1.29, 1.82) is 0 Å². The van der Waals surface area contributed by atoms with E-state index in [4.69, 9.17) is 15.6 Å². The number of aromatic nitrogens is 1. The van der Waals surface area contributed by atoms with E-state index in [2.05, 4.69) is 4.98 Å². The van der Waals surface area contributed by atoms with Crippen LogP contribution in [0.3, 0.4) is 0 Å². The van der Waals surface area contributed by atoms with Crippen LogP contribution in [-0.2, 0) is 0 Å². The molecular weight excluding hydrogens is 232 g/mol. The van der Waals surface area contributed by atoms with Gasteiger partial charge in [0, 0.05) is 6.07 Å². The summed E-state index contributed by atoms with van der Waals surface area (Å²) in [5, 5.41) is 8.94. The smallest absolute Gasteiger partial charge is 0.338 e. The molecule has 1 saturated carbocycles. The number of carboxylic acid groups (broad SMARTS) is 1. The molecule has 2 rings (SSSR count). The number of carbonyl (C=O) groups is 1. The number of pyridine rings is 1. The number of nitrogen functional groups attached to an aromatic ring is 1. The van der Waals surface area contributed by atoms with Gasteiger partial charge in [0.15, 0.2) is 0 Å². The molecule has 0 amide bonds. The first kappa shape index (κ1) is 12.7. The van der Waals surface area contributed by atoms with Crippen molar-refractivity contribution in [3.63, 3.8) is 0 Å². The number of carboxylic acids is 1. The van der Waals surface area contributed by atoms with Gasteiger partial charge in [-0.2, -0.15) is 0 Å². The number of hydrogen-bond acceptors (Lipinski definition) is 4. The molecule has 0 aromatic carbocycles. The van der Waals surface area contributed by atoms with Gasteiger partial charge in [0.25, 0.3) is 0 Å². The van der Waals surface area contributed by atoms with Gasteiger partial charge in [-0.3, -0.25) is 0 Å². The SMILES string of the molecule is Nc1cnc(OCC2CCCCC2)cc1C(=O)O. The van der Waals surface area contributed by atoms with Crippen LogP contribution in [0.4, 0.5) is 5.69 Å². The molecular formula is C13H18N2O3. The van der Waals surface area contributed by atoms with Crippen molar-refractivity contribution < 1.29 is 14.6 Å². The van der Waals surface area contributed by atoms with Crippen molar-refractivity contribution in [2.45, 2.75) is 32.1 Å². The molecule has 1 fully saturated rings. The van der Waals surface area contributed by atoms with Gasteiger partial charge < -0.3 is 15.6 Å². The maximum Gasteiger partial charge on any atom is 0.338 e. The minimum absolute atomic E-state index is 0.0450. The van der Waals surface area contributed by atoms with Gasteiger partial charge in [0.2, 0.25) is 5.88 Å². The standard InChI is InChI=1S/C13H18N2O3/c14-11-7-15-12(6-10(11)13(16)17)18-8-9-4-2-1-3-5-9/h6-7,9H,1-5,8,14H2,(H,16,17). The summed E-state index contributed by atoms with van der Waals surface area (Å²) in [6, 6.07) is 1.39. The van der Waals surface area contributed by atoms with E-state index in [-0.39, 0.29) is 11.3 Å². The zero-order valence-electron chi connectivity index (χ0n) is 10.3. The minimum Gasteiger partial charge on any atom is -0.478 e. The highest BCUT2D eigenvalue weighted by atomic mass is 16.5. The molecule has 1 heterocycles. The van der Waals surface area contributed by atoms with Crippen molar-refractivity contribution in [3.05, 3.63) is 17.8 Å². The second-order valence-electron chi connectivity index (χ2n) is 4.73. The Morgan fingerprint density at radius 1 is 1.44 bits per heavy atom. The average molecular weight is 250 g/mol. The molecule has 1 aliphatic rings. The Kier molecular flexibility index (Phi) is 4.02. The van der Waals surface area contributed by atoms with E-state index in [1.807, 2.05) is 0 Å². The third-order valence-corrected chi connectivity index (χ3v) is 3.33. The van der Waals surface area contributed by atoms with Crippen molar-refractivity contribution in [2.24, 2.45) is 5.92 Å². The van der Waals surface area contributed by atoms with E-state index in [0.29, 0.717) is 18.4 Å². The maximum atomic E-state index is 10.9. The largest absolute Gasteiger partial charge is 0.478 e. The molecule has 0 atom stereocenters. The molecule has 3 N–H and O–H groups in total. The first-order valence-electron chi connectivity index (χ1n) is 6.28. The van der Waals surface area contributed by atoms with Gasteiger partial charge in [-0.05, 0) is 18.8 Å². The number of rotatable bonds is 4. The first-order valence-corrected chi connectivity index (χ1v) is 6.28. The highest BCUT2D eigenvalue weighted by molar-refractivity contribution is 5.93. The Balaban J connectivity index is 1.96. The molecule has 1 aromatic rings. The quantitative estimate of drug-likeness (QED) is 0.856. The van der Waals surface area contributed by atoms with Crippen molar-refractivity contribution in [1.82, 2.24) is 4.98 Å². The van der Waals surface area contributed by atoms with Crippen LogP contribution in [0.2, 0.25) is 0 Å². The zero-order valence-corrected chi connectivity index (χ0v) is 10.3. The summed E-state index contributed by atoms with van der Waals surface area (Å²) in [5.41, 5.74) is 5.74. The molecule has 0 radical (unpaired) electrons. The first-order chi connectivity index (χ1) is 8.66. The molecule has 0 bridgehead atoms. The minimum atomic E-state index is -1.06. The Morgan fingerprint density at radius 2 is 2.17 bits per heavy atom. The van der Waals surface area contributed by atoms with Crippen LogP contribution in [-0.4, -0.2) is 22.7 Å². The molecule has 0 spiro atoms. The summed E-state index contributed by atoms with van der Waals surface area (Å²) < 4.78 is 5.56. The summed E-state index contributed by atoms with van der Waals surface area (Å²) in [5.74, 6) is -0.157. The number of nitrogens with two attached hydrogens (primary N) is 1. The van der Waals surface area contributed by atoms with E-state index in [1.165, 1.54) is 44.4 Å². The van der Waals surface area contributed by atoms with Crippen molar-refractivity contribution in [3.8, 4) is 5.88 Å². The lowest BCUT2D eigenvalue weighted by Gasteiger charge is -2.21. The summed E-state index contributed by atoms with van der Waals surface area (Å²) >= 11 is 0. The number of ether oxygens (including phenoxy) is 1. The summed E-state index contributed by atoms with van der Waals surface area (Å²) in [4.78, 5) is 14.9. The van der Waals surface area contributed by atoms with Crippen molar-refractivity contribution >= 4 is 11.7 Å². The van der Waals surface area contributed by atoms with E-state index in [1.54, 1.807) is 0 Å². The number of hydrogen-bond donors (Lipinski definition) is 2. The van der Waals surface area contributed by atoms with Gasteiger partial charge in [0.1, 0.15) is 0 Å². The molecule has 0 aliphatic heterocycles. The van der Waals surface area contributed by atoms with Crippen LogP contribution < -0.4 is 10.5 Å². The van der Waals surface area contributed by atoms with Gasteiger partial charge in [-0.1, -0.05) is 19.3 Å². The van der Waals surface area contributed by atoms with Crippen LogP contribution in [0.15, 0.2) is 12.3 Å². The molecule has 5 heteroatoms. The molecule has 0 unspecified atom stereocenters. The zero-order chi connectivity index (χ0) is 13.0. The number of nitrogens with zero attached hydrogens (tertiary/aromatic N) is 1. The summed E-state index contributed by atoms with van der Waals surface area (Å²) in [7, 11) is 0. The molecule has 1 aromatic heterocycles. The van der Waals surface area contributed by atoms with Crippen LogP contribution >= 0.6 is 0 Å². The van der Waals surface area contributed by atoms with Gasteiger partial charge in [-0.15, -0.1) is 0 Å². The highest BCUT2D eigenvalue weighted by Gasteiger charge is 2.15. The van der Waals surface area contributed by atoms with E-state index in [9.17, 15) is 4.79 Å². The Morgan fingerprint density at radius 3 is 2.83 bits per heavy atom. The van der Waals surface area contributed by atoms with Gasteiger partial charge in [-0.25, -0.2) is 9.78 Å². The molecule has 5 nitrogen and oxygen atoms in total. The van der Waals surface area contributed by atoms with Crippen LogP contribution in [0, 0.1) is 5.92 Å². The molecule has 0 saturated heterocycles. The fraction of sp³-hybridized carbons (Fsp3) is 0.538. The molecule has 98 valence electrons. The normalized spacial score (nSPS) is 16.4. The number of anilines is 1. The van der Waals surface area contributed by atoms with Crippen LogP contribution in [0.5, 0.6) is 5.88 Å². The second-order valence-corrected chi connectivity index (χ2v) is 4.73. The predicted octanol–water partition coefficient (Wildman–Crippen LogP) is 2.32. The Labute approximate surface area is 106 Å². The van der Waals surface area contributed by atoms with Gasteiger partial charge in [0.05, 0.1) is 24.1 Å². The van der Waals surface area contributed by atoms with Gasteiger partial charge >= 0.3 is 5.97 Å². The van der Waals surface area contributed by atoms with E-state index in [0.717, 1.165) is 0 Å². The lowest BCUT2D eigenvalue weighted by Crippen LogP contribution is -2.16. The van der Waals surface area contributed by atoms with Crippen molar-refractivity contribution in [2.75, 3.05) is 12.3 Å².